The SMILES string of the molecule is CCN(CC(=O)O)C1CC(NC(=O)c2ccc(C(C)C)cc2)C1. The lowest BCUT2D eigenvalue weighted by Gasteiger charge is -2.42. The highest BCUT2D eigenvalue weighted by Gasteiger charge is 2.34. The van der Waals surface area contributed by atoms with Crippen LogP contribution in [0.4, 0.5) is 0 Å². The highest BCUT2D eigenvalue weighted by Crippen LogP contribution is 2.26. The molecule has 1 aromatic rings. The Morgan fingerprint density at radius 3 is 2.35 bits per heavy atom. The van der Waals surface area contributed by atoms with Gasteiger partial charge in [0.25, 0.3) is 5.91 Å². The topological polar surface area (TPSA) is 69.6 Å². The van der Waals surface area contributed by atoms with Crippen LogP contribution in [0, 0.1) is 0 Å². The van der Waals surface area contributed by atoms with E-state index in [9.17, 15) is 9.59 Å². The molecule has 0 aliphatic heterocycles. The smallest absolute Gasteiger partial charge is 0.317 e. The molecule has 0 radical (unpaired) electrons. The average Bonchev–Trinajstić information content (AvgIpc) is 2.48. The van der Waals surface area contributed by atoms with Gasteiger partial charge in [-0.1, -0.05) is 32.9 Å². The molecule has 0 unspecified atom stereocenters. The number of amides is 1. The molecule has 0 aromatic heterocycles. The number of benzene rings is 1. The fourth-order valence-electron chi connectivity index (χ4n) is 2.96. The molecule has 0 atom stereocenters. The number of aliphatic carboxylic acids is 1. The molecule has 1 saturated carbocycles. The molecule has 5 nitrogen and oxygen atoms in total. The second-order valence-electron chi connectivity index (χ2n) is 6.53. The minimum atomic E-state index is -0.801. The maximum absolute atomic E-state index is 12.2. The lowest BCUT2D eigenvalue weighted by Crippen LogP contribution is -2.54. The van der Waals surface area contributed by atoms with Crippen LogP contribution < -0.4 is 5.32 Å². The molecule has 2 rings (SSSR count). The van der Waals surface area contributed by atoms with Crippen molar-refractivity contribution in [3.8, 4) is 0 Å². The predicted octanol–water partition coefficient (Wildman–Crippen LogP) is 2.48. The van der Waals surface area contributed by atoms with E-state index in [4.69, 9.17) is 5.11 Å². The Kier molecular flexibility index (Phi) is 5.77. The van der Waals surface area contributed by atoms with E-state index in [1.807, 2.05) is 36.1 Å². The summed E-state index contributed by atoms with van der Waals surface area (Å²) in [5.41, 5.74) is 1.90. The fraction of sp³-hybridized carbons (Fsp3) is 0.556. The lowest BCUT2D eigenvalue weighted by atomic mass is 9.85. The molecule has 23 heavy (non-hydrogen) atoms. The third-order valence-electron chi connectivity index (χ3n) is 4.55. The van der Waals surface area contributed by atoms with E-state index in [2.05, 4.69) is 19.2 Å². The summed E-state index contributed by atoms with van der Waals surface area (Å²) >= 11 is 0. The van der Waals surface area contributed by atoms with Crippen molar-refractivity contribution in [3.63, 3.8) is 0 Å². The van der Waals surface area contributed by atoms with Crippen molar-refractivity contribution in [2.24, 2.45) is 0 Å². The van der Waals surface area contributed by atoms with Gasteiger partial charge in [-0.3, -0.25) is 14.5 Å². The number of carbonyl (C=O) groups is 2. The quantitative estimate of drug-likeness (QED) is 0.810. The van der Waals surface area contributed by atoms with E-state index in [0.717, 1.165) is 12.8 Å². The van der Waals surface area contributed by atoms with E-state index in [0.29, 0.717) is 18.0 Å². The number of carboxylic acid groups (broad SMARTS) is 1. The van der Waals surface area contributed by atoms with Gasteiger partial charge in [0.15, 0.2) is 0 Å². The van der Waals surface area contributed by atoms with Crippen LogP contribution in [0.15, 0.2) is 24.3 Å². The van der Waals surface area contributed by atoms with Crippen LogP contribution >= 0.6 is 0 Å². The second-order valence-corrected chi connectivity index (χ2v) is 6.53. The van der Waals surface area contributed by atoms with Crippen LogP contribution in [0.2, 0.25) is 0 Å². The van der Waals surface area contributed by atoms with Crippen molar-refractivity contribution in [2.45, 2.75) is 51.6 Å². The summed E-state index contributed by atoms with van der Waals surface area (Å²) in [6.45, 7) is 7.00. The largest absolute Gasteiger partial charge is 0.480 e. The number of rotatable bonds is 7. The summed E-state index contributed by atoms with van der Waals surface area (Å²) < 4.78 is 0. The van der Waals surface area contributed by atoms with Gasteiger partial charge in [-0.25, -0.2) is 0 Å². The van der Waals surface area contributed by atoms with Gasteiger partial charge in [0, 0.05) is 17.6 Å². The highest BCUT2D eigenvalue weighted by atomic mass is 16.4. The van der Waals surface area contributed by atoms with E-state index < -0.39 is 5.97 Å². The molecule has 1 amide bonds. The van der Waals surface area contributed by atoms with Gasteiger partial charge in [0.1, 0.15) is 0 Å². The summed E-state index contributed by atoms with van der Waals surface area (Å²) in [6.07, 6.45) is 1.63. The van der Waals surface area contributed by atoms with Gasteiger partial charge in [0.05, 0.1) is 6.54 Å². The van der Waals surface area contributed by atoms with Crippen LogP contribution in [0.5, 0.6) is 0 Å². The third kappa shape index (κ3) is 4.55. The Hall–Kier alpha value is -1.88. The van der Waals surface area contributed by atoms with Gasteiger partial charge in [0.2, 0.25) is 0 Å². The fourth-order valence-corrected chi connectivity index (χ4v) is 2.96. The molecule has 0 spiro atoms. The van der Waals surface area contributed by atoms with Crippen molar-refractivity contribution < 1.29 is 14.7 Å². The molecule has 1 aromatic carbocycles. The zero-order valence-electron chi connectivity index (χ0n) is 14.1. The summed E-state index contributed by atoms with van der Waals surface area (Å²) in [4.78, 5) is 25.0. The molecule has 0 bridgehead atoms. The van der Waals surface area contributed by atoms with Crippen molar-refractivity contribution in [3.05, 3.63) is 35.4 Å². The molecule has 2 N–H and O–H groups in total. The molecule has 1 fully saturated rings. The van der Waals surface area contributed by atoms with Crippen LogP contribution in [0.3, 0.4) is 0 Å². The van der Waals surface area contributed by atoms with Gasteiger partial charge in [-0.15, -0.1) is 0 Å². The normalized spacial score (nSPS) is 20.4. The van der Waals surface area contributed by atoms with Crippen molar-refractivity contribution >= 4 is 11.9 Å². The second kappa shape index (κ2) is 7.59. The van der Waals surface area contributed by atoms with Gasteiger partial charge < -0.3 is 10.4 Å². The van der Waals surface area contributed by atoms with Crippen LogP contribution in [0.25, 0.3) is 0 Å². The zero-order chi connectivity index (χ0) is 17.0. The van der Waals surface area contributed by atoms with Gasteiger partial charge >= 0.3 is 5.97 Å². The summed E-state index contributed by atoms with van der Waals surface area (Å²) in [7, 11) is 0. The average molecular weight is 318 g/mol. The molecule has 0 heterocycles. The summed E-state index contributed by atoms with van der Waals surface area (Å²) in [5, 5.41) is 11.9. The van der Waals surface area contributed by atoms with E-state index in [1.165, 1.54) is 5.56 Å². The highest BCUT2D eigenvalue weighted by molar-refractivity contribution is 5.94. The Morgan fingerprint density at radius 2 is 1.87 bits per heavy atom. The molecule has 1 aliphatic rings. The first-order chi connectivity index (χ1) is 10.9. The molecular formula is C18H26N2O3. The Morgan fingerprint density at radius 1 is 1.26 bits per heavy atom. The van der Waals surface area contributed by atoms with E-state index in [1.54, 1.807) is 0 Å². The summed E-state index contributed by atoms with van der Waals surface area (Å²) in [6, 6.07) is 8.11. The number of carbonyl (C=O) groups excluding carboxylic acids is 1. The lowest BCUT2D eigenvalue weighted by molar-refractivity contribution is -0.139. The summed E-state index contributed by atoms with van der Waals surface area (Å²) in [5.74, 6) is -0.400. The Bertz CT molecular complexity index is 548. The predicted molar refractivity (Wildman–Crippen MR) is 89.7 cm³/mol. The maximum Gasteiger partial charge on any atom is 0.317 e. The molecule has 1 aliphatic carbocycles. The monoisotopic (exact) mass is 318 g/mol. The molecule has 0 saturated heterocycles. The number of hydrogen-bond donors (Lipinski definition) is 2. The zero-order valence-corrected chi connectivity index (χ0v) is 14.1. The van der Waals surface area contributed by atoms with Crippen LogP contribution in [-0.4, -0.2) is 47.1 Å². The minimum absolute atomic E-state index is 0.0509. The first kappa shape index (κ1) is 17.5. The van der Waals surface area contributed by atoms with Gasteiger partial charge in [-0.05, 0) is 43.0 Å². The maximum atomic E-state index is 12.2. The number of carboxylic acids is 1. The van der Waals surface area contributed by atoms with Crippen molar-refractivity contribution in [1.29, 1.82) is 0 Å². The van der Waals surface area contributed by atoms with Crippen molar-refractivity contribution in [2.75, 3.05) is 13.1 Å². The number of nitrogens with zero attached hydrogens (tertiary/aromatic N) is 1. The number of hydrogen-bond acceptors (Lipinski definition) is 3. The Labute approximate surface area is 137 Å². The molecule has 126 valence electrons. The van der Waals surface area contributed by atoms with Crippen LogP contribution in [-0.2, 0) is 4.79 Å². The molecule has 5 heteroatoms. The first-order valence-electron chi connectivity index (χ1n) is 8.27. The standard InChI is InChI=1S/C18H26N2O3/c1-4-20(11-17(21)22)16-9-15(10-16)19-18(23)14-7-5-13(6-8-14)12(2)3/h5-8,12,15-16H,4,9-11H2,1-3H3,(H,19,23)(H,21,22). The Balaban J connectivity index is 1.82. The van der Waals surface area contributed by atoms with Crippen molar-refractivity contribution in [1.82, 2.24) is 10.2 Å². The number of likely N-dealkylation sites (N-methyl/N-ethyl adjacent to an activating group) is 1. The molecular weight excluding hydrogens is 292 g/mol. The minimum Gasteiger partial charge on any atom is -0.480 e. The first-order valence-corrected chi connectivity index (χ1v) is 8.27. The van der Waals surface area contributed by atoms with E-state index >= 15 is 0 Å². The third-order valence-corrected chi connectivity index (χ3v) is 4.55. The van der Waals surface area contributed by atoms with Gasteiger partial charge in [-0.2, -0.15) is 0 Å². The van der Waals surface area contributed by atoms with Crippen LogP contribution in [0.1, 0.15) is 55.5 Å². The number of nitrogens with one attached hydrogen (secondary N) is 1. The van der Waals surface area contributed by atoms with E-state index in [-0.39, 0.29) is 24.5 Å².